The third-order valence-electron chi connectivity index (χ3n) is 6.58. The summed E-state index contributed by atoms with van der Waals surface area (Å²) in [6.07, 6.45) is 3.04. The van der Waals surface area contributed by atoms with Crippen molar-refractivity contribution in [2.75, 3.05) is 39.3 Å². The average molecular weight is 454 g/mol. The van der Waals surface area contributed by atoms with E-state index in [1.54, 1.807) is 0 Å². The molecule has 2 aromatic rings. The largest absolute Gasteiger partial charge is 0.341 e. The maximum atomic E-state index is 13.1. The van der Waals surface area contributed by atoms with E-state index in [9.17, 15) is 9.59 Å². The Kier molecular flexibility index (Phi) is 7.63. The van der Waals surface area contributed by atoms with Crippen molar-refractivity contribution in [3.63, 3.8) is 0 Å². The van der Waals surface area contributed by atoms with Gasteiger partial charge >= 0.3 is 0 Å². The van der Waals surface area contributed by atoms with Crippen LogP contribution in [0.1, 0.15) is 55.2 Å². The van der Waals surface area contributed by atoms with Gasteiger partial charge in [0.1, 0.15) is 0 Å². The molecule has 3 heterocycles. The molecule has 1 atom stereocenters. The van der Waals surface area contributed by atoms with Gasteiger partial charge in [-0.25, -0.2) is 0 Å². The van der Waals surface area contributed by atoms with E-state index in [4.69, 9.17) is 0 Å². The van der Waals surface area contributed by atoms with Crippen molar-refractivity contribution >= 4 is 23.2 Å². The smallest absolute Gasteiger partial charge is 0.223 e. The Bertz CT molecular complexity index is 911. The molecule has 0 saturated carbocycles. The van der Waals surface area contributed by atoms with Gasteiger partial charge in [-0.15, -0.1) is 11.3 Å². The molecule has 172 valence electrons. The molecule has 6 heteroatoms. The lowest BCUT2D eigenvalue weighted by molar-refractivity contribution is -0.134. The summed E-state index contributed by atoms with van der Waals surface area (Å²) in [7, 11) is 0. The topological polar surface area (TPSA) is 43.9 Å². The van der Waals surface area contributed by atoms with Gasteiger partial charge in [-0.1, -0.05) is 44.2 Å². The van der Waals surface area contributed by atoms with Gasteiger partial charge in [0.25, 0.3) is 0 Å². The molecule has 0 bridgehead atoms. The van der Waals surface area contributed by atoms with Crippen LogP contribution in [0.4, 0.5) is 0 Å². The van der Waals surface area contributed by atoms with Crippen LogP contribution in [0, 0.1) is 5.92 Å². The maximum Gasteiger partial charge on any atom is 0.223 e. The second-order valence-corrected chi connectivity index (χ2v) is 10.4. The van der Waals surface area contributed by atoms with Gasteiger partial charge in [0.05, 0.1) is 6.04 Å². The third-order valence-corrected chi connectivity index (χ3v) is 7.57. The molecule has 1 aromatic heterocycles. The van der Waals surface area contributed by atoms with E-state index in [1.807, 2.05) is 21.1 Å². The van der Waals surface area contributed by atoms with E-state index in [0.29, 0.717) is 31.8 Å². The molecule has 0 radical (unpaired) electrons. The first-order valence-corrected chi connectivity index (χ1v) is 12.8. The maximum absolute atomic E-state index is 13.1. The number of rotatable bonds is 6. The van der Waals surface area contributed by atoms with Crippen molar-refractivity contribution in [3.05, 3.63) is 57.8 Å². The minimum Gasteiger partial charge on any atom is -0.341 e. The highest BCUT2D eigenvalue weighted by molar-refractivity contribution is 7.10. The summed E-state index contributed by atoms with van der Waals surface area (Å²) >= 11 is 1.85. The Morgan fingerprint density at radius 1 is 0.969 bits per heavy atom. The zero-order chi connectivity index (χ0) is 22.5. The molecule has 1 fully saturated rings. The molecular formula is C26H35N3O2S. The van der Waals surface area contributed by atoms with Crippen LogP contribution in [0.25, 0.3) is 0 Å². The van der Waals surface area contributed by atoms with E-state index in [-0.39, 0.29) is 17.9 Å². The van der Waals surface area contributed by atoms with Crippen LogP contribution in [0.2, 0.25) is 0 Å². The molecule has 5 nitrogen and oxygen atoms in total. The minimum atomic E-state index is 0.214. The molecule has 4 rings (SSSR count). The van der Waals surface area contributed by atoms with Crippen LogP contribution >= 0.6 is 11.3 Å². The quantitative estimate of drug-likeness (QED) is 0.659. The lowest BCUT2D eigenvalue weighted by atomic mass is 9.93. The average Bonchev–Trinajstić information content (AvgIpc) is 3.12. The Morgan fingerprint density at radius 2 is 1.69 bits per heavy atom. The summed E-state index contributed by atoms with van der Waals surface area (Å²) in [5.74, 6) is 0.806. The summed E-state index contributed by atoms with van der Waals surface area (Å²) in [4.78, 5) is 33.4. The minimum absolute atomic E-state index is 0.214. The van der Waals surface area contributed by atoms with E-state index < -0.39 is 0 Å². The number of hydrogen-bond acceptors (Lipinski definition) is 4. The highest BCUT2D eigenvalue weighted by Crippen LogP contribution is 2.37. The molecule has 0 aliphatic carbocycles. The standard InChI is InChI=1S/C26H35N3O2S/c1-20(2)19-25(31)28-13-6-12-27(16-17-28)24(30)10-15-29-14-9-23-22(11-18-32-23)26(29)21-7-4-3-5-8-21/h3-5,7-8,11,18,20,26H,6,9-10,12-17,19H2,1-2H3. The van der Waals surface area contributed by atoms with Gasteiger partial charge in [-0.05, 0) is 41.3 Å². The molecule has 1 unspecified atom stereocenters. The Hall–Kier alpha value is -2.18. The van der Waals surface area contributed by atoms with Crippen molar-refractivity contribution in [1.82, 2.24) is 14.7 Å². The SMILES string of the molecule is CC(C)CC(=O)N1CCCN(C(=O)CCN2CCc3sccc3C2c2ccccc2)CC1. The number of carbonyl (C=O) groups excluding carboxylic acids is 2. The zero-order valence-electron chi connectivity index (χ0n) is 19.3. The molecule has 1 aromatic carbocycles. The van der Waals surface area contributed by atoms with Gasteiger partial charge in [-0.3, -0.25) is 14.5 Å². The Balaban J connectivity index is 1.36. The summed E-state index contributed by atoms with van der Waals surface area (Å²) in [5, 5.41) is 2.19. The highest BCUT2D eigenvalue weighted by atomic mass is 32.1. The number of nitrogens with zero attached hydrogens (tertiary/aromatic N) is 3. The molecule has 1 saturated heterocycles. The molecule has 0 spiro atoms. The van der Waals surface area contributed by atoms with E-state index >= 15 is 0 Å². The van der Waals surface area contributed by atoms with E-state index in [0.717, 1.165) is 39.0 Å². The monoisotopic (exact) mass is 453 g/mol. The first-order chi connectivity index (χ1) is 15.5. The first kappa shape index (κ1) is 23.0. The molecule has 0 N–H and O–H groups in total. The molecular weight excluding hydrogens is 418 g/mol. The fourth-order valence-electron chi connectivity index (χ4n) is 4.93. The third kappa shape index (κ3) is 5.41. The summed E-state index contributed by atoms with van der Waals surface area (Å²) in [5.41, 5.74) is 2.70. The van der Waals surface area contributed by atoms with Crippen LogP contribution in [-0.2, 0) is 16.0 Å². The van der Waals surface area contributed by atoms with Crippen LogP contribution in [0.15, 0.2) is 41.8 Å². The summed E-state index contributed by atoms with van der Waals surface area (Å²) < 4.78 is 0. The Morgan fingerprint density at radius 3 is 2.41 bits per heavy atom. The number of carbonyl (C=O) groups is 2. The Labute approximate surface area is 196 Å². The van der Waals surface area contributed by atoms with Crippen molar-refractivity contribution in [3.8, 4) is 0 Å². The van der Waals surface area contributed by atoms with Crippen molar-refractivity contribution in [2.45, 2.75) is 45.6 Å². The lowest BCUT2D eigenvalue weighted by Gasteiger charge is -2.36. The second kappa shape index (κ2) is 10.6. The van der Waals surface area contributed by atoms with Gasteiger partial charge in [0, 0.05) is 57.0 Å². The summed E-state index contributed by atoms with van der Waals surface area (Å²) in [6, 6.07) is 13.1. The van der Waals surface area contributed by atoms with E-state index in [2.05, 4.69) is 60.5 Å². The lowest BCUT2D eigenvalue weighted by Crippen LogP contribution is -2.40. The predicted molar refractivity (Wildman–Crippen MR) is 130 cm³/mol. The van der Waals surface area contributed by atoms with Crippen molar-refractivity contribution in [1.29, 1.82) is 0 Å². The van der Waals surface area contributed by atoms with Gasteiger partial charge in [0.15, 0.2) is 0 Å². The summed E-state index contributed by atoms with van der Waals surface area (Å²) in [6.45, 7) is 8.73. The number of thiophene rings is 1. The molecule has 2 amide bonds. The number of fused-ring (bicyclic) bond motifs is 1. The van der Waals surface area contributed by atoms with Gasteiger partial charge in [-0.2, -0.15) is 0 Å². The normalized spacial score (nSPS) is 19.7. The second-order valence-electron chi connectivity index (χ2n) is 9.36. The molecule has 2 aliphatic heterocycles. The van der Waals surface area contributed by atoms with Gasteiger partial charge < -0.3 is 9.80 Å². The first-order valence-electron chi connectivity index (χ1n) is 11.9. The number of hydrogen-bond donors (Lipinski definition) is 0. The van der Waals surface area contributed by atoms with Crippen LogP contribution in [-0.4, -0.2) is 65.8 Å². The molecule has 2 aliphatic rings. The van der Waals surface area contributed by atoms with Crippen molar-refractivity contribution < 1.29 is 9.59 Å². The molecule has 32 heavy (non-hydrogen) atoms. The van der Waals surface area contributed by atoms with Crippen LogP contribution < -0.4 is 0 Å². The number of benzene rings is 1. The van der Waals surface area contributed by atoms with Crippen LogP contribution in [0.5, 0.6) is 0 Å². The zero-order valence-corrected chi connectivity index (χ0v) is 20.2. The fraction of sp³-hybridized carbons (Fsp3) is 0.538. The predicted octanol–water partition coefficient (Wildman–Crippen LogP) is 4.19. The van der Waals surface area contributed by atoms with Crippen molar-refractivity contribution in [2.24, 2.45) is 5.92 Å². The van der Waals surface area contributed by atoms with Gasteiger partial charge in [0.2, 0.25) is 11.8 Å². The van der Waals surface area contributed by atoms with Crippen LogP contribution in [0.3, 0.4) is 0 Å². The van der Waals surface area contributed by atoms with E-state index in [1.165, 1.54) is 16.0 Å². The fourth-order valence-corrected chi connectivity index (χ4v) is 5.83. The number of amides is 2. The highest BCUT2D eigenvalue weighted by Gasteiger charge is 2.30.